The minimum absolute atomic E-state index is 1.13. The summed E-state index contributed by atoms with van der Waals surface area (Å²) in [6.45, 7) is 0. The maximum absolute atomic E-state index is 2.43. The number of fused-ring (bicyclic) bond motifs is 4. The van der Waals surface area contributed by atoms with Gasteiger partial charge in [-0.25, -0.2) is 0 Å². The van der Waals surface area contributed by atoms with E-state index < -0.39 is 0 Å². The maximum Gasteiger partial charge on any atom is 0.0540 e. The number of anilines is 3. The molecule has 1 heterocycles. The molecule has 8 rings (SSSR count). The fourth-order valence-corrected chi connectivity index (χ4v) is 7.27. The molecule has 0 aliphatic rings. The molecule has 7 aromatic carbocycles. The van der Waals surface area contributed by atoms with Crippen molar-refractivity contribution in [3.8, 4) is 22.3 Å². The predicted molar refractivity (Wildman–Crippen MR) is 182 cm³/mol. The van der Waals surface area contributed by atoms with Crippen molar-refractivity contribution in [3.05, 3.63) is 164 Å². The quantitative estimate of drug-likeness (QED) is 0.205. The van der Waals surface area contributed by atoms with Gasteiger partial charge in [0.25, 0.3) is 0 Å². The summed E-state index contributed by atoms with van der Waals surface area (Å²) >= 11 is 1.87. The smallest absolute Gasteiger partial charge is 0.0540 e. The molecule has 0 saturated carbocycles. The van der Waals surface area contributed by atoms with E-state index in [0.29, 0.717) is 0 Å². The molecule has 0 radical (unpaired) electrons. The lowest BCUT2D eigenvalue weighted by Crippen LogP contribution is -2.11. The molecule has 0 unspecified atom stereocenters. The fourth-order valence-electron chi connectivity index (χ4n) is 6.14. The Kier molecular flexibility index (Phi) is 6.05. The van der Waals surface area contributed by atoms with Crippen molar-refractivity contribution in [2.45, 2.75) is 0 Å². The number of hydrogen-bond donors (Lipinski definition) is 0. The number of benzene rings is 7. The van der Waals surface area contributed by atoms with Crippen LogP contribution >= 0.6 is 11.3 Å². The largest absolute Gasteiger partial charge is 0.309 e. The standard InChI is InChI=1S/C40H27NS/c1-2-12-28(13-3-1)29-24-26-31(27-25-29)41(36-21-10-15-30-14-4-5-16-32(30)36)37-20-8-6-17-33(37)34-19-11-23-39-40(34)35-18-7-9-22-38(35)42-39/h1-27H. The minimum atomic E-state index is 1.13. The average molecular weight is 554 g/mol. The number of nitrogens with zero attached hydrogens (tertiary/aromatic N) is 1. The molecule has 0 bridgehead atoms. The van der Waals surface area contributed by atoms with Crippen molar-refractivity contribution in [1.29, 1.82) is 0 Å². The van der Waals surface area contributed by atoms with Gasteiger partial charge in [-0.2, -0.15) is 0 Å². The van der Waals surface area contributed by atoms with E-state index >= 15 is 0 Å². The van der Waals surface area contributed by atoms with Crippen LogP contribution in [0.4, 0.5) is 17.1 Å². The molecule has 0 aliphatic heterocycles. The number of rotatable bonds is 5. The topological polar surface area (TPSA) is 3.24 Å². The first-order chi connectivity index (χ1) is 20.8. The van der Waals surface area contributed by atoms with Gasteiger partial charge in [0.2, 0.25) is 0 Å². The van der Waals surface area contributed by atoms with Gasteiger partial charge in [0.15, 0.2) is 0 Å². The second-order valence-corrected chi connectivity index (χ2v) is 11.6. The van der Waals surface area contributed by atoms with Crippen LogP contribution in [0.5, 0.6) is 0 Å². The molecule has 8 aromatic rings. The second-order valence-electron chi connectivity index (χ2n) is 10.5. The Balaban J connectivity index is 1.38. The third-order valence-corrected chi connectivity index (χ3v) is 9.21. The summed E-state index contributed by atoms with van der Waals surface area (Å²) in [7, 11) is 0. The maximum atomic E-state index is 2.43. The van der Waals surface area contributed by atoms with Gasteiger partial charge in [-0.3, -0.25) is 0 Å². The zero-order chi connectivity index (χ0) is 27.9. The van der Waals surface area contributed by atoms with Crippen LogP contribution in [0.2, 0.25) is 0 Å². The Hall–Kier alpha value is -5.18. The molecule has 42 heavy (non-hydrogen) atoms. The van der Waals surface area contributed by atoms with Crippen molar-refractivity contribution >= 4 is 59.3 Å². The number of para-hydroxylation sites is 1. The summed E-state index contributed by atoms with van der Waals surface area (Å²) in [4.78, 5) is 2.43. The molecule has 1 nitrogen and oxygen atoms in total. The molecule has 0 atom stereocenters. The van der Waals surface area contributed by atoms with Gasteiger partial charge in [-0.05, 0) is 58.5 Å². The zero-order valence-electron chi connectivity index (χ0n) is 22.9. The number of hydrogen-bond acceptors (Lipinski definition) is 2. The van der Waals surface area contributed by atoms with Crippen LogP contribution in [0.25, 0.3) is 53.2 Å². The summed E-state index contributed by atoms with van der Waals surface area (Å²) in [6, 6.07) is 59.1. The second kappa shape index (κ2) is 10.3. The number of thiophene rings is 1. The SMILES string of the molecule is c1ccc(-c2ccc(N(c3ccccc3-c3cccc4sc5ccccc5c34)c3cccc4ccccc34)cc2)cc1. The summed E-state index contributed by atoms with van der Waals surface area (Å²) in [6.07, 6.45) is 0. The Morgan fingerprint density at radius 2 is 0.976 bits per heavy atom. The molecular weight excluding hydrogens is 527 g/mol. The summed E-state index contributed by atoms with van der Waals surface area (Å²) in [5, 5.41) is 5.08. The highest BCUT2D eigenvalue weighted by Gasteiger charge is 2.21. The van der Waals surface area contributed by atoms with Gasteiger partial charge < -0.3 is 4.90 Å². The highest BCUT2D eigenvalue weighted by Crippen LogP contribution is 2.47. The van der Waals surface area contributed by atoms with E-state index in [4.69, 9.17) is 0 Å². The van der Waals surface area contributed by atoms with E-state index in [9.17, 15) is 0 Å². The van der Waals surface area contributed by atoms with Crippen molar-refractivity contribution in [2.75, 3.05) is 4.90 Å². The first-order valence-corrected chi connectivity index (χ1v) is 15.1. The third-order valence-electron chi connectivity index (χ3n) is 8.08. The van der Waals surface area contributed by atoms with Crippen LogP contribution in [0, 0.1) is 0 Å². The zero-order valence-corrected chi connectivity index (χ0v) is 23.8. The Bertz CT molecular complexity index is 2190. The van der Waals surface area contributed by atoms with Gasteiger partial charge in [-0.15, -0.1) is 11.3 Å². The molecule has 1 aromatic heterocycles. The molecular formula is C40H27NS. The Morgan fingerprint density at radius 1 is 0.381 bits per heavy atom. The summed E-state index contributed by atoms with van der Waals surface area (Å²) < 4.78 is 2.63. The van der Waals surface area contributed by atoms with Crippen molar-refractivity contribution in [3.63, 3.8) is 0 Å². The third kappa shape index (κ3) is 4.16. The molecule has 0 amide bonds. The molecule has 0 aliphatic carbocycles. The van der Waals surface area contributed by atoms with Gasteiger partial charge in [0.1, 0.15) is 0 Å². The molecule has 198 valence electrons. The minimum Gasteiger partial charge on any atom is -0.309 e. The van der Waals surface area contributed by atoms with Crippen LogP contribution in [0.1, 0.15) is 0 Å². The lowest BCUT2D eigenvalue weighted by Gasteiger charge is -2.29. The Labute approximate surface area is 249 Å². The van der Waals surface area contributed by atoms with Crippen LogP contribution in [-0.2, 0) is 0 Å². The highest BCUT2D eigenvalue weighted by atomic mass is 32.1. The van der Waals surface area contributed by atoms with Gasteiger partial charge >= 0.3 is 0 Å². The predicted octanol–water partition coefficient (Wildman–Crippen LogP) is 12.0. The van der Waals surface area contributed by atoms with E-state index in [-0.39, 0.29) is 0 Å². The van der Waals surface area contributed by atoms with Gasteiger partial charge in [0.05, 0.1) is 11.4 Å². The molecule has 0 saturated heterocycles. The Morgan fingerprint density at radius 3 is 1.86 bits per heavy atom. The molecule has 0 fully saturated rings. The van der Waals surface area contributed by atoms with Crippen molar-refractivity contribution in [1.82, 2.24) is 0 Å². The molecule has 2 heteroatoms. The van der Waals surface area contributed by atoms with Gasteiger partial charge in [-0.1, -0.05) is 127 Å². The lowest BCUT2D eigenvalue weighted by atomic mass is 9.96. The van der Waals surface area contributed by atoms with Gasteiger partial charge in [0, 0.05) is 36.8 Å². The molecule has 0 spiro atoms. The summed E-state index contributed by atoms with van der Waals surface area (Å²) in [5.41, 5.74) is 8.34. The average Bonchev–Trinajstić information content (AvgIpc) is 3.45. The first kappa shape index (κ1) is 24.6. The lowest BCUT2D eigenvalue weighted by molar-refractivity contribution is 1.30. The first-order valence-electron chi connectivity index (χ1n) is 14.3. The monoisotopic (exact) mass is 553 g/mol. The normalized spacial score (nSPS) is 11.3. The van der Waals surface area contributed by atoms with Crippen molar-refractivity contribution in [2.24, 2.45) is 0 Å². The fraction of sp³-hybridized carbons (Fsp3) is 0. The van der Waals surface area contributed by atoms with E-state index in [1.54, 1.807) is 0 Å². The van der Waals surface area contributed by atoms with Crippen molar-refractivity contribution < 1.29 is 0 Å². The van der Waals surface area contributed by atoms with E-state index in [2.05, 4.69) is 169 Å². The van der Waals surface area contributed by atoms with E-state index in [1.165, 1.54) is 53.2 Å². The van der Waals surface area contributed by atoms with Crippen LogP contribution in [-0.4, -0.2) is 0 Å². The van der Waals surface area contributed by atoms with Crippen LogP contribution in [0.15, 0.2) is 164 Å². The van der Waals surface area contributed by atoms with E-state index in [1.807, 2.05) is 11.3 Å². The van der Waals surface area contributed by atoms with Crippen LogP contribution in [0.3, 0.4) is 0 Å². The van der Waals surface area contributed by atoms with Crippen LogP contribution < -0.4 is 4.90 Å². The molecule has 0 N–H and O–H groups in total. The van der Waals surface area contributed by atoms with E-state index in [0.717, 1.165) is 17.1 Å². The highest BCUT2D eigenvalue weighted by molar-refractivity contribution is 7.25. The summed E-state index contributed by atoms with van der Waals surface area (Å²) in [5.74, 6) is 0.